The van der Waals surface area contributed by atoms with Crippen LogP contribution in [0.1, 0.15) is 12.0 Å². The van der Waals surface area contributed by atoms with Crippen LogP contribution in [-0.2, 0) is 16.2 Å². The highest BCUT2D eigenvalue weighted by atomic mass is 19.1. The molecule has 34 heavy (non-hydrogen) atoms. The zero-order valence-electron chi connectivity index (χ0n) is 18.6. The van der Waals surface area contributed by atoms with Gasteiger partial charge in [-0.1, -0.05) is 23.4 Å². The van der Waals surface area contributed by atoms with E-state index in [0.717, 1.165) is 12.1 Å². The van der Waals surface area contributed by atoms with Gasteiger partial charge in [-0.2, -0.15) is 0 Å². The van der Waals surface area contributed by atoms with Gasteiger partial charge in [0.05, 0.1) is 37.9 Å². The minimum absolute atomic E-state index is 0.185. The molecule has 1 aromatic heterocycles. The first kappa shape index (κ1) is 26.4. The smallest absolute Gasteiger partial charge is 0.407 e. The Morgan fingerprint density at radius 3 is 2.71 bits per heavy atom. The molecule has 1 atom stereocenters. The standard InChI is InChI=1S/C20H24FN5O5.CH4N2/c1-22-20(29)30-12-13-3-2-4-17(18(13)21)14-7-23-19(24-8-14)26-9-15(10-26)25-31-6-5-16(28)11-27;2-1-3/h2-4,7-8,16,27-28H,5-6,9-12H2,1H3,(H,22,29);1H,(H3,2,3). The summed E-state index contributed by atoms with van der Waals surface area (Å²) in [5.74, 6) is -0.0116. The average Bonchev–Trinajstić information content (AvgIpc) is 2.82. The van der Waals surface area contributed by atoms with Crippen molar-refractivity contribution in [1.82, 2.24) is 15.3 Å². The molecule has 2 heterocycles. The number of halogens is 1. The number of rotatable bonds is 9. The second-order valence-electron chi connectivity index (χ2n) is 7.02. The third kappa shape index (κ3) is 7.64. The van der Waals surface area contributed by atoms with Gasteiger partial charge in [-0.05, 0) is 0 Å². The molecule has 1 saturated heterocycles. The largest absolute Gasteiger partial charge is 0.445 e. The number of nitrogens with two attached hydrogens (primary N) is 1. The topological polar surface area (TPSA) is 179 Å². The SMILES string of the molecule is CNC(=O)OCc1cccc(-c2cnc(N3CC(=NOCCC(O)CO)C3)nc2)c1F.N=CN. The molecule has 13 heteroatoms. The van der Waals surface area contributed by atoms with Crippen molar-refractivity contribution in [2.45, 2.75) is 19.1 Å². The number of hydrogen-bond acceptors (Lipinski definition) is 10. The highest BCUT2D eigenvalue weighted by Gasteiger charge is 2.25. The van der Waals surface area contributed by atoms with Crippen LogP contribution in [0.5, 0.6) is 0 Å². The van der Waals surface area contributed by atoms with Crippen molar-refractivity contribution in [3.63, 3.8) is 0 Å². The molecule has 2 aromatic rings. The number of aliphatic hydroxyl groups excluding tert-OH is 2. The fourth-order valence-corrected chi connectivity index (χ4v) is 2.76. The Bertz CT molecular complexity index is 966. The lowest BCUT2D eigenvalue weighted by Gasteiger charge is -2.31. The van der Waals surface area contributed by atoms with E-state index in [2.05, 4.69) is 26.2 Å². The highest BCUT2D eigenvalue weighted by Crippen LogP contribution is 2.26. The molecular weight excluding hydrogens is 449 g/mol. The number of anilines is 1. The predicted octanol–water partition coefficient (Wildman–Crippen LogP) is 0.627. The number of nitrogens with one attached hydrogen (secondary N) is 2. The molecule has 0 saturated carbocycles. The maximum atomic E-state index is 14.8. The normalized spacial score (nSPS) is 13.1. The lowest BCUT2D eigenvalue weighted by Crippen LogP contribution is -2.48. The van der Waals surface area contributed by atoms with Gasteiger partial charge in [0.1, 0.15) is 19.0 Å². The molecule has 1 fully saturated rings. The molecule has 1 aromatic carbocycles. The van der Waals surface area contributed by atoms with Crippen molar-refractivity contribution >= 4 is 24.1 Å². The van der Waals surface area contributed by atoms with Crippen LogP contribution >= 0.6 is 0 Å². The summed E-state index contributed by atoms with van der Waals surface area (Å²) in [6.07, 6.45) is 2.68. The van der Waals surface area contributed by atoms with E-state index in [1.165, 1.54) is 19.4 Å². The minimum Gasteiger partial charge on any atom is -0.445 e. The molecular formula is C21H28FN7O5. The number of hydrogen-bond donors (Lipinski definition) is 5. The number of carbonyl (C=O) groups excluding carboxylic acids is 1. The fraction of sp³-hybridized carbons (Fsp3) is 0.381. The lowest BCUT2D eigenvalue weighted by atomic mass is 10.1. The molecule has 0 bridgehead atoms. The second kappa shape index (κ2) is 13.6. The van der Waals surface area contributed by atoms with E-state index < -0.39 is 18.0 Å². The Kier molecular flexibility index (Phi) is 10.6. The first-order valence-corrected chi connectivity index (χ1v) is 10.3. The van der Waals surface area contributed by atoms with Crippen molar-refractivity contribution in [3.05, 3.63) is 42.0 Å². The Balaban J connectivity index is 0.00000129. The van der Waals surface area contributed by atoms with Crippen molar-refractivity contribution < 1.29 is 29.0 Å². The Morgan fingerprint density at radius 2 is 2.09 bits per heavy atom. The summed E-state index contributed by atoms with van der Waals surface area (Å²) in [7, 11) is 1.43. The average molecular weight is 477 g/mol. The van der Waals surface area contributed by atoms with E-state index in [1.54, 1.807) is 18.2 Å². The maximum Gasteiger partial charge on any atom is 0.407 e. The summed E-state index contributed by atoms with van der Waals surface area (Å²) in [5, 5.41) is 30.1. The van der Waals surface area contributed by atoms with E-state index in [1.807, 2.05) is 4.90 Å². The summed E-state index contributed by atoms with van der Waals surface area (Å²) in [5.41, 5.74) is 6.26. The van der Waals surface area contributed by atoms with E-state index >= 15 is 0 Å². The first-order chi connectivity index (χ1) is 16.4. The molecule has 12 nitrogen and oxygen atoms in total. The van der Waals surface area contributed by atoms with Gasteiger partial charge in [-0.25, -0.2) is 19.2 Å². The zero-order chi connectivity index (χ0) is 24.9. The second-order valence-corrected chi connectivity index (χ2v) is 7.02. The first-order valence-electron chi connectivity index (χ1n) is 10.3. The number of carbonyl (C=O) groups is 1. The van der Waals surface area contributed by atoms with Crippen LogP contribution in [0, 0.1) is 11.2 Å². The van der Waals surface area contributed by atoms with E-state index in [-0.39, 0.29) is 25.4 Å². The summed E-state index contributed by atoms with van der Waals surface area (Å²) < 4.78 is 19.7. The Labute approximate surface area is 195 Å². The maximum absolute atomic E-state index is 14.8. The van der Waals surface area contributed by atoms with Gasteiger partial charge >= 0.3 is 6.09 Å². The number of amides is 1. The van der Waals surface area contributed by atoms with Crippen LogP contribution in [0.2, 0.25) is 0 Å². The molecule has 184 valence electrons. The quantitative estimate of drug-likeness (QED) is 0.150. The summed E-state index contributed by atoms with van der Waals surface area (Å²) in [6, 6.07) is 4.83. The zero-order valence-corrected chi connectivity index (χ0v) is 18.6. The minimum atomic E-state index is -0.807. The van der Waals surface area contributed by atoms with Crippen LogP contribution in [0.4, 0.5) is 15.1 Å². The number of aliphatic hydroxyl groups is 2. The molecule has 6 N–H and O–H groups in total. The molecule has 1 aliphatic heterocycles. The number of ether oxygens (including phenoxy) is 1. The third-order valence-corrected chi connectivity index (χ3v) is 4.57. The van der Waals surface area contributed by atoms with Crippen LogP contribution in [-0.4, -0.2) is 77.8 Å². The lowest BCUT2D eigenvalue weighted by molar-refractivity contribution is 0.0501. The van der Waals surface area contributed by atoms with Gasteiger partial charge < -0.3 is 35.7 Å². The molecule has 0 aliphatic carbocycles. The molecule has 1 aliphatic rings. The Morgan fingerprint density at radius 1 is 1.41 bits per heavy atom. The van der Waals surface area contributed by atoms with Crippen LogP contribution in [0.3, 0.4) is 0 Å². The number of aromatic nitrogens is 2. The van der Waals surface area contributed by atoms with E-state index in [4.69, 9.17) is 20.1 Å². The third-order valence-electron chi connectivity index (χ3n) is 4.57. The molecule has 1 amide bonds. The van der Waals surface area contributed by atoms with Gasteiger partial charge in [-0.3, -0.25) is 5.41 Å². The number of benzene rings is 1. The predicted molar refractivity (Wildman–Crippen MR) is 123 cm³/mol. The molecule has 1 unspecified atom stereocenters. The number of alkyl carbamates (subject to hydrolysis) is 1. The highest BCUT2D eigenvalue weighted by molar-refractivity contribution is 5.98. The number of oxime groups is 1. The number of nitrogens with zero attached hydrogens (tertiary/aromatic N) is 4. The van der Waals surface area contributed by atoms with Gasteiger partial charge in [0, 0.05) is 42.6 Å². The van der Waals surface area contributed by atoms with Gasteiger partial charge in [-0.15, -0.1) is 0 Å². The summed E-state index contributed by atoms with van der Waals surface area (Å²) in [4.78, 5) is 26.8. The monoisotopic (exact) mass is 477 g/mol. The fourth-order valence-electron chi connectivity index (χ4n) is 2.76. The van der Waals surface area contributed by atoms with E-state index in [0.29, 0.717) is 36.6 Å². The van der Waals surface area contributed by atoms with Crippen LogP contribution < -0.4 is 16.0 Å². The van der Waals surface area contributed by atoms with Gasteiger partial charge in [0.25, 0.3) is 0 Å². The molecule has 3 rings (SSSR count). The summed E-state index contributed by atoms with van der Waals surface area (Å²) in [6.45, 7) is 0.731. The van der Waals surface area contributed by atoms with Crippen LogP contribution in [0.25, 0.3) is 11.1 Å². The van der Waals surface area contributed by atoms with Crippen molar-refractivity contribution in [2.75, 3.05) is 38.3 Å². The van der Waals surface area contributed by atoms with Crippen molar-refractivity contribution in [3.8, 4) is 11.1 Å². The van der Waals surface area contributed by atoms with E-state index in [9.17, 15) is 14.3 Å². The Hall–Kier alpha value is -3.84. The van der Waals surface area contributed by atoms with Gasteiger partial charge in [0.2, 0.25) is 5.95 Å². The van der Waals surface area contributed by atoms with Crippen molar-refractivity contribution in [1.29, 1.82) is 5.41 Å². The molecule has 0 spiro atoms. The summed E-state index contributed by atoms with van der Waals surface area (Å²) >= 11 is 0. The molecule has 0 radical (unpaired) electrons. The van der Waals surface area contributed by atoms with Crippen molar-refractivity contribution in [2.24, 2.45) is 10.9 Å². The van der Waals surface area contributed by atoms with Gasteiger partial charge in [0.15, 0.2) is 0 Å². The van der Waals surface area contributed by atoms with Crippen LogP contribution in [0.15, 0.2) is 35.7 Å².